The van der Waals surface area contributed by atoms with Crippen LogP contribution >= 0.6 is 15.9 Å². The fourth-order valence-electron chi connectivity index (χ4n) is 2.60. The van der Waals surface area contributed by atoms with Crippen LogP contribution in [0, 0.1) is 0 Å². The third-order valence-electron chi connectivity index (χ3n) is 3.79. The number of hydrogen-bond acceptors (Lipinski definition) is 2. The van der Waals surface area contributed by atoms with Gasteiger partial charge in [0, 0.05) is 24.6 Å². The van der Waals surface area contributed by atoms with Crippen molar-refractivity contribution in [2.24, 2.45) is 7.05 Å². The monoisotopic (exact) mass is 373 g/mol. The Balaban J connectivity index is 1.75. The molecule has 1 aromatic heterocycles. The lowest BCUT2D eigenvalue weighted by atomic mass is 10.2. The van der Waals surface area contributed by atoms with Gasteiger partial charge in [-0.25, -0.2) is 4.79 Å². The number of carbonyl (C=O) groups excluding carboxylic acids is 1. The molecule has 1 N–H and O–H groups in total. The van der Waals surface area contributed by atoms with E-state index in [-0.39, 0.29) is 11.6 Å². The van der Waals surface area contributed by atoms with Gasteiger partial charge in [-0.15, -0.1) is 0 Å². The van der Waals surface area contributed by atoms with Crippen LogP contribution in [0.2, 0.25) is 0 Å². The Bertz CT molecular complexity index is 927. The number of halogens is 1. The molecule has 0 aliphatic rings. The number of benzene rings is 2. The first-order chi connectivity index (χ1) is 11.1. The van der Waals surface area contributed by atoms with Crippen molar-refractivity contribution in [3.05, 3.63) is 69.1 Å². The predicted octanol–water partition coefficient (Wildman–Crippen LogP) is 2.53. The molecule has 0 radical (unpaired) electrons. The van der Waals surface area contributed by atoms with Gasteiger partial charge < -0.3 is 5.32 Å². The minimum atomic E-state index is -0.161. The topological polar surface area (TPSA) is 56.0 Å². The normalized spacial score (nSPS) is 10.9. The van der Waals surface area contributed by atoms with Crippen LogP contribution in [0.15, 0.2) is 57.8 Å². The van der Waals surface area contributed by atoms with E-state index in [9.17, 15) is 9.59 Å². The lowest BCUT2D eigenvalue weighted by Gasteiger charge is -2.07. The molecule has 0 bridgehead atoms. The molecule has 0 atom stereocenters. The highest BCUT2D eigenvalue weighted by Gasteiger charge is 2.11. The summed E-state index contributed by atoms with van der Waals surface area (Å²) in [5.41, 5.74) is 2.25. The summed E-state index contributed by atoms with van der Waals surface area (Å²) in [6.45, 7) is 0.810. The molecule has 3 aromatic rings. The number of hydrogen-bond donors (Lipinski definition) is 1. The van der Waals surface area contributed by atoms with E-state index in [1.807, 2.05) is 42.5 Å². The molecule has 0 aliphatic heterocycles. The summed E-state index contributed by atoms with van der Waals surface area (Å²) in [4.78, 5) is 24.5. The highest BCUT2D eigenvalue weighted by molar-refractivity contribution is 9.10. The fraction of sp³-hybridized carbons (Fsp3) is 0.176. The van der Waals surface area contributed by atoms with Gasteiger partial charge in [0.15, 0.2) is 0 Å². The molecule has 6 heteroatoms. The van der Waals surface area contributed by atoms with E-state index in [4.69, 9.17) is 0 Å². The molecule has 23 heavy (non-hydrogen) atoms. The van der Waals surface area contributed by atoms with E-state index in [0.29, 0.717) is 18.7 Å². The summed E-state index contributed by atoms with van der Waals surface area (Å²) >= 11 is 3.36. The van der Waals surface area contributed by atoms with Crippen LogP contribution in [0.5, 0.6) is 0 Å². The zero-order chi connectivity index (χ0) is 16.4. The lowest BCUT2D eigenvalue weighted by Crippen LogP contribution is -2.31. The minimum Gasteiger partial charge on any atom is -0.350 e. The number of aryl methyl sites for hydroxylation is 1. The molecule has 0 unspecified atom stereocenters. The molecular weight excluding hydrogens is 358 g/mol. The van der Waals surface area contributed by atoms with Crippen LogP contribution in [0.1, 0.15) is 10.4 Å². The second-order valence-electron chi connectivity index (χ2n) is 5.22. The van der Waals surface area contributed by atoms with Gasteiger partial charge in [0.2, 0.25) is 0 Å². The maximum atomic E-state index is 12.3. The van der Waals surface area contributed by atoms with Crippen molar-refractivity contribution in [1.29, 1.82) is 0 Å². The molecule has 0 fully saturated rings. The average molecular weight is 374 g/mol. The Morgan fingerprint density at radius 3 is 2.48 bits per heavy atom. The lowest BCUT2D eigenvalue weighted by molar-refractivity contribution is 0.0951. The predicted molar refractivity (Wildman–Crippen MR) is 93.7 cm³/mol. The average Bonchev–Trinajstić information content (AvgIpc) is 2.80. The fourth-order valence-corrected chi connectivity index (χ4v) is 3.07. The van der Waals surface area contributed by atoms with Crippen LogP contribution in [0.25, 0.3) is 11.0 Å². The van der Waals surface area contributed by atoms with E-state index in [2.05, 4.69) is 21.2 Å². The SMILES string of the molecule is Cn1c(=O)n(CCNC(=O)c2ccccc2Br)c2ccccc21. The second kappa shape index (κ2) is 6.42. The van der Waals surface area contributed by atoms with Crippen LogP contribution in [-0.4, -0.2) is 21.6 Å². The number of aromatic nitrogens is 2. The number of imidazole rings is 1. The van der Waals surface area contributed by atoms with Gasteiger partial charge in [-0.3, -0.25) is 13.9 Å². The summed E-state index contributed by atoms with van der Waals surface area (Å²) in [7, 11) is 1.75. The maximum Gasteiger partial charge on any atom is 0.328 e. The zero-order valence-electron chi connectivity index (χ0n) is 12.6. The van der Waals surface area contributed by atoms with E-state index in [1.54, 1.807) is 22.2 Å². The van der Waals surface area contributed by atoms with Gasteiger partial charge in [-0.2, -0.15) is 0 Å². The molecule has 0 aliphatic carbocycles. The van der Waals surface area contributed by atoms with Gasteiger partial charge in [-0.05, 0) is 40.2 Å². The molecule has 1 heterocycles. The number of carbonyl (C=O) groups is 1. The Morgan fingerprint density at radius 2 is 1.74 bits per heavy atom. The van der Waals surface area contributed by atoms with E-state index >= 15 is 0 Å². The first-order valence-corrected chi connectivity index (χ1v) is 8.06. The highest BCUT2D eigenvalue weighted by atomic mass is 79.9. The van der Waals surface area contributed by atoms with Gasteiger partial charge in [0.05, 0.1) is 16.6 Å². The third-order valence-corrected chi connectivity index (χ3v) is 4.48. The van der Waals surface area contributed by atoms with Crippen molar-refractivity contribution in [2.75, 3.05) is 6.54 Å². The molecule has 2 aromatic carbocycles. The molecule has 3 rings (SSSR count). The summed E-state index contributed by atoms with van der Waals surface area (Å²) in [5.74, 6) is -0.161. The molecule has 118 valence electrons. The van der Waals surface area contributed by atoms with E-state index < -0.39 is 0 Å². The number of rotatable bonds is 4. The smallest absolute Gasteiger partial charge is 0.328 e. The molecule has 1 amide bonds. The molecular formula is C17H16BrN3O2. The van der Waals surface area contributed by atoms with Gasteiger partial charge in [0.1, 0.15) is 0 Å². The number of fused-ring (bicyclic) bond motifs is 1. The maximum absolute atomic E-state index is 12.3. The van der Waals surface area contributed by atoms with Crippen LogP contribution in [0.4, 0.5) is 0 Å². The van der Waals surface area contributed by atoms with Crippen molar-refractivity contribution in [1.82, 2.24) is 14.5 Å². The minimum absolute atomic E-state index is 0.0821. The molecule has 0 spiro atoms. The highest BCUT2D eigenvalue weighted by Crippen LogP contribution is 2.15. The van der Waals surface area contributed by atoms with Crippen molar-refractivity contribution in [3.8, 4) is 0 Å². The standard InChI is InChI=1S/C17H16BrN3O2/c1-20-14-8-4-5-9-15(14)21(17(20)23)11-10-19-16(22)12-6-2-3-7-13(12)18/h2-9H,10-11H2,1H3,(H,19,22). The van der Waals surface area contributed by atoms with Crippen molar-refractivity contribution < 1.29 is 4.79 Å². The Hall–Kier alpha value is -2.34. The largest absolute Gasteiger partial charge is 0.350 e. The van der Waals surface area contributed by atoms with Crippen molar-refractivity contribution in [3.63, 3.8) is 0 Å². The Labute approximate surface area is 141 Å². The van der Waals surface area contributed by atoms with Crippen molar-refractivity contribution in [2.45, 2.75) is 6.54 Å². The second-order valence-corrected chi connectivity index (χ2v) is 6.07. The Kier molecular flexibility index (Phi) is 4.34. The number of amides is 1. The summed E-state index contributed by atoms with van der Waals surface area (Å²) in [6, 6.07) is 14.9. The van der Waals surface area contributed by atoms with Gasteiger partial charge in [0.25, 0.3) is 5.91 Å². The molecule has 0 saturated carbocycles. The summed E-state index contributed by atoms with van der Waals surface area (Å²) in [6.07, 6.45) is 0. The quantitative estimate of drug-likeness (QED) is 0.763. The van der Waals surface area contributed by atoms with E-state index in [0.717, 1.165) is 15.5 Å². The Morgan fingerprint density at radius 1 is 1.09 bits per heavy atom. The zero-order valence-corrected chi connectivity index (χ0v) is 14.2. The van der Waals surface area contributed by atoms with Crippen LogP contribution in [0.3, 0.4) is 0 Å². The first-order valence-electron chi connectivity index (χ1n) is 7.26. The number of nitrogens with one attached hydrogen (secondary N) is 1. The summed E-state index contributed by atoms with van der Waals surface area (Å²) in [5, 5.41) is 2.85. The first kappa shape index (κ1) is 15.6. The number of nitrogens with zero attached hydrogens (tertiary/aromatic N) is 2. The van der Waals surface area contributed by atoms with Crippen LogP contribution in [-0.2, 0) is 13.6 Å². The summed E-state index contributed by atoms with van der Waals surface area (Å²) < 4.78 is 4.04. The van der Waals surface area contributed by atoms with Gasteiger partial charge in [-0.1, -0.05) is 24.3 Å². The van der Waals surface area contributed by atoms with Crippen molar-refractivity contribution >= 4 is 32.9 Å². The third kappa shape index (κ3) is 2.94. The van der Waals surface area contributed by atoms with Crippen LogP contribution < -0.4 is 11.0 Å². The molecule has 5 nitrogen and oxygen atoms in total. The van der Waals surface area contributed by atoms with E-state index in [1.165, 1.54) is 0 Å². The molecule has 0 saturated heterocycles. The number of para-hydroxylation sites is 2. The van der Waals surface area contributed by atoms with Gasteiger partial charge >= 0.3 is 5.69 Å².